The second-order valence-corrected chi connectivity index (χ2v) is 3.06. The molecule has 84 valence electrons. The van der Waals surface area contributed by atoms with Crippen LogP contribution in [0.25, 0.3) is 0 Å². The van der Waals surface area contributed by atoms with E-state index in [1.165, 1.54) is 0 Å². The van der Waals surface area contributed by atoms with E-state index in [-0.39, 0.29) is 12.1 Å². The minimum atomic E-state index is -4.95. The lowest BCUT2D eigenvalue weighted by Crippen LogP contribution is -2.09. The molecule has 0 unspecified atom stereocenters. The summed E-state index contributed by atoms with van der Waals surface area (Å²) < 4.78 is 73.2. The fraction of sp³-hybridized carbons (Fsp3) is 0.250. The van der Waals surface area contributed by atoms with Gasteiger partial charge in [0.1, 0.15) is 5.82 Å². The Morgan fingerprint density at radius 2 is 1.67 bits per heavy atom. The predicted molar refractivity (Wildman–Crippen MR) is 41.4 cm³/mol. The number of benzene rings is 1. The van der Waals surface area contributed by atoms with Crippen LogP contribution in [0.2, 0.25) is 5.02 Å². The Morgan fingerprint density at radius 3 is 2.07 bits per heavy atom. The first-order valence-electron chi connectivity index (χ1n) is 3.57. The lowest BCUT2D eigenvalue weighted by Gasteiger charge is -2.10. The van der Waals surface area contributed by atoms with Crippen molar-refractivity contribution in [2.24, 2.45) is 0 Å². The van der Waals surface area contributed by atoms with E-state index in [2.05, 4.69) is 0 Å². The lowest BCUT2D eigenvalue weighted by atomic mass is 10.1. The molecule has 0 radical (unpaired) electrons. The third-order valence-electron chi connectivity index (χ3n) is 1.63. The van der Waals surface area contributed by atoms with Gasteiger partial charge in [-0.1, -0.05) is 11.6 Å². The molecule has 0 aliphatic carbocycles. The van der Waals surface area contributed by atoms with E-state index in [4.69, 9.17) is 11.6 Å². The van der Waals surface area contributed by atoms with Gasteiger partial charge in [-0.3, -0.25) is 0 Å². The summed E-state index contributed by atoms with van der Waals surface area (Å²) in [6.07, 6.45) is -8.07. The Hall–Kier alpha value is -0.910. The molecular formula is C8H3ClF6. The second kappa shape index (κ2) is 3.92. The van der Waals surface area contributed by atoms with Crippen molar-refractivity contribution >= 4 is 11.6 Å². The first-order chi connectivity index (χ1) is 6.73. The topological polar surface area (TPSA) is 0 Å². The average molecular weight is 249 g/mol. The van der Waals surface area contributed by atoms with Gasteiger partial charge in [-0.2, -0.15) is 13.2 Å². The van der Waals surface area contributed by atoms with Gasteiger partial charge in [-0.25, -0.2) is 13.2 Å². The van der Waals surface area contributed by atoms with Crippen molar-refractivity contribution in [3.8, 4) is 0 Å². The summed E-state index contributed by atoms with van der Waals surface area (Å²) >= 11 is 5.16. The summed E-state index contributed by atoms with van der Waals surface area (Å²) in [4.78, 5) is 0. The highest BCUT2D eigenvalue weighted by molar-refractivity contribution is 6.31. The number of hydrogen-bond acceptors (Lipinski definition) is 0. The molecule has 0 aliphatic rings. The Labute approximate surface area is 85.5 Å². The fourth-order valence-corrected chi connectivity index (χ4v) is 1.19. The molecule has 1 aromatic carbocycles. The van der Waals surface area contributed by atoms with E-state index >= 15 is 0 Å². The Kier molecular flexibility index (Phi) is 3.18. The molecule has 0 saturated heterocycles. The van der Waals surface area contributed by atoms with E-state index in [0.29, 0.717) is 0 Å². The summed E-state index contributed by atoms with van der Waals surface area (Å²) in [5.74, 6) is -1.76. The van der Waals surface area contributed by atoms with Crippen LogP contribution in [0.5, 0.6) is 0 Å². The molecule has 0 N–H and O–H groups in total. The molecule has 1 rings (SSSR count). The van der Waals surface area contributed by atoms with Crippen molar-refractivity contribution in [3.63, 3.8) is 0 Å². The molecule has 0 bridgehead atoms. The van der Waals surface area contributed by atoms with Crippen LogP contribution in [0.15, 0.2) is 12.1 Å². The summed E-state index contributed by atoms with van der Waals surface area (Å²) in [5.41, 5.74) is -2.61. The van der Waals surface area contributed by atoms with Crippen LogP contribution in [-0.4, -0.2) is 0 Å². The highest BCUT2D eigenvalue weighted by Gasteiger charge is 2.35. The van der Waals surface area contributed by atoms with Gasteiger partial charge in [-0.15, -0.1) is 0 Å². The molecule has 0 aromatic heterocycles. The van der Waals surface area contributed by atoms with E-state index in [1.54, 1.807) is 0 Å². The number of rotatable bonds is 1. The molecule has 0 amide bonds. The molecule has 0 nitrogen and oxygen atoms in total. The maximum Gasteiger partial charge on any atom is 0.419 e. The second-order valence-electron chi connectivity index (χ2n) is 2.65. The highest BCUT2D eigenvalue weighted by atomic mass is 35.5. The summed E-state index contributed by atoms with van der Waals surface area (Å²) in [7, 11) is 0. The summed E-state index contributed by atoms with van der Waals surface area (Å²) in [6.45, 7) is 0. The molecule has 0 saturated carbocycles. The molecule has 7 heteroatoms. The van der Waals surface area contributed by atoms with Crippen molar-refractivity contribution in [2.75, 3.05) is 0 Å². The summed E-state index contributed by atoms with van der Waals surface area (Å²) in [5, 5.41) is -0.807. The monoisotopic (exact) mass is 248 g/mol. The van der Waals surface area contributed by atoms with Gasteiger partial charge in [0.05, 0.1) is 10.6 Å². The van der Waals surface area contributed by atoms with Crippen molar-refractivity contribution < 1.29 is 26.3 Å². The molecular weight excluding hydrogens is 246 g/mol. The van der Waals surface area contributed by atoms with Crippen molar-refractivity contribution in [3.05, 3.63) is 34.1 Å². The number of halogens is 7. The maximum atomic E-state index is 12.8. The highest BCUT2D eigenvalue weighted by Crippen LogP contribution is 2.36. The molecule has 0 aliphatic heterocycles. The number of alkyl halides is 5. The van der Waals surface area contributed by atoms with Crippen LogP contribution in [0.4, 0.5) is 26.3 Å². The SMILES string of the molecule is Fc1cc(C(F)F)c(Cl)cc1C(F)(F)F. The predicted octanol–water partition coefficient (Wildman–Crippen LogP) is 4.44. The first kappa shape index (κ1) is 12.2. The molecule has 0 spiro atoms. The third kappa shape index (κ3) is 2.56. The smallest absolute Gasteiger partial charge is 0.206 e. The van der Waals surface area contributed by atoms with Gasteiger partial charge in [0, 0.05) is 5.56 Å². The maximum absolute atomic E-state index is 12.8. The standard InChI is InChI=1S/C8H3ClF6/c9-5-2-4(8(13,14)15)6(10)1-3(5)7(11)12/h1-2,7H. The van der Waals surface area contributed by atoms with Crippen molar-refractivity contribution in [2.45, 2.75) is 12.6 Å². The van der Waals surface area contributed by atoms with E-state index < -0.39 is 34.6 Å². The lowest BCUT2D eigenvalue weighted by molar-refractivity contribution is -0.140. The minimum absolute atomic E-state index is 0.0931. The van der Waals surface area contributed by atoms with Gasteiger partial charge in [-0.05, 0) is 12.1 Å². The number of hydrogen-bond donors (Lipinski definition) is 0. The first-order valence-corrected chi connectivity index (χ1v) is 3.95. The Balaban J connectivity index is 3.32. The van der Waals surface area contributed by atoms with Gasteiger partial charge in [0.2, 0.25) is 0 Å². The van der Waals surface area contributed by atoms with Gasteiger partial charge in [0.15, 0.2) is 0 Å². The molecule has 0 heterocycles. The Morgan fingerprint density at radius 1 is 1.13 bits per heavy atom. The van der Waals surface area contributed by atoms with Gasteiger partial charge < -0.3 is 0 Å². The Bertz CT molecular complexity index is 370. The fourth-order valence-electron chi connectivity index (χ4n) is 0.947. The van der Waals surface area contributed by atoms with Crippen molar-refractivity contribution in [1.29, 1.82) is 0 Å². The normalized spacial score (nSPS) is 12.3. The molecule has 0 atom stereocenters. The molecule has 1 aromatic rings. The van der Waals surface area contributed by atoms with Crippen LogP contribution >= 0.6 is 11.6 Å². The van der Waals surface area contributed by atoms with Crippen LogP contribution in [0, 0.1) is 5.82 Å². The van der Waals surface area contributed by atoms with E-state index in [9.17, 15) is 26.3 Å². The zero-order valence-corrected chi connectivity index (χ0v) is 7.63. The average Bonchev–Trinajstić information content (AvgIpc) is 2.06. The van der Waals surface area contributed by atoms with Crippen LogP contribution in [0.3, 0.4) is 0 Å². The largest absolute Gasteiger partial charge is 0.419 e. The van der Waals surface area contributed by atoms with Crippen LogP contribution in [0.1, 0.15) is 17.6 Å². The van der Waals surface area contributed by atoms with Crippen molar-refractivity contribution in [1.82, 2.24) is 0 Å². The molecule has 0 fully saturated rings. The molecule has 15 heavy (non-hydrogen) atoms. The third-order valence-corrected chi connectivity index (χ3v) is 1.95. The summed E-state index contributed by atoms with van der Waals surface area (Å²) in [6, 6.07) is 0.244. The van der Waals surface area contributed by atoms with Gasteiger partial charge in [0.25, 0.3) is 6.43 Å². The zero-order chi connectivity index (χ0) is 11.8. The van der Waals surface area contributed by atoms with E-state index in [0.717, 1.165) is 0 Å². The quantitative estimate of drug-likeness (QED) is 0.645. The minimum Gasteiger partial charge on any atom is -0.206 e. The van der Waals surface area contributed by atoms with Gasteiger partial charge >= 0.3 is 6.18 Å². The van der Waals surface area contributed by atoms with E-state index in [1.807, 2.05) is 0 Å². The van der Waals surface area contributed by atoms with Crippen LogP contribution < -0.4 is 0 Å². The zero-order valence-electron chi connectivity index (χ0n) is 6.88. The van der Waals surface area contributed by atoms with Crippen LogP contribution in [-0.2, 0) is 6.18 Å².